The first kappa shape index (κ1) is 14.9. The zero-order valence-corrected chi connectivity index (χ0v) is 12.1. The van der Waals surface area contributed by atoms with Gasteiger partial charge in [-0.2, -0.15) is 0 Å². The molecule has 0 amide bonds. The van der Waals surface area contributed by atoms with Crippen molar-refractivity contribution in [2.45, 2.75) is 12.5 Å². The van der Waals surface area contributed by atoms with Gasteiger partial charge in [0, 0.05) is 0 Å². The van der Waals surface area contributed by atoms with E-state index in [1.54, 1.807) is 0 Å². The van der Waals surface area contributed by atoms with Gasteiger partial charge in [-0.15, -0.1) is 0 Å². The highest BCUT2D eigenvalue weighted by Crippen LogP contribution is 2.18. The predicted molar refractivity (Wildman–Crippen MR) is 83.3 cm³/mol. The van der Waals surface area contributed by atoms with Gasteiger partial charge in [0.15, 0.2) is 11.5 Å². The van der Waals surface area contributed by atoms with Crippen LogP contribution in [0.3, 0.4) is 0 Å². The average Bonchev–Trinajstić information content (AvgIpc) is 3.03. The first-order valence-electron chi connectivity index (χ1n) is 7.03. The summed E-state index contributed by atoms with van der Waals surface area (Å²) < 4.78 is 0. The molecule has 23 heavy (non-hydrogen) atoms. The maximum absolute atomic E-state index is 11.1. The maximum atomic E-state index is 11.1. The summed E-state index contributed by atoms with van der Waals surface area (Å²) in [4.78, 5) is 25.9. The monoisotopic (exact) mass is 313 g/mol. The maximum Gasteiger partial charge on any atom is 0.374 e. The van der Waals surface area contributed by atoms with Gasteiger partial charge in [0.25, 0.3) is 0 Å². The molecule has 118 valence electrons. The molecule has 3 aromatic rings. The Kier molecular flexibility index (Phi) is 4.15. The number of nitrogens with zero attached hydrogens (tertiary/aromatic N) is 3. The minimum absolute atomic E-state index is 0.132. The highest BCUT2D eigenvalue weighted by atomic mass is 16.4. The number of carboxylic acid groups (broad SMARTS) is 1. The highest BCUT2D eigenvalue weighted by molar-refractivity contribution is 5.90. The minimum Gasteiger partial charge on any atom is -0.475 e. The SMILES string of the molecule is O=C(O)c1nc(NC(CO)Cc2ccccc2)c2nc[nH]c2n1. The fraction of sp³-hybridized carbons (Fsp3) is 0.200. The number of aromatic carboxylic acids is 1. The van der Waals surface area contributed by atoms with Crippen LogP contribution in [0.15, 0.2) is 36.7 Å². The standard InChI is InChI=1S/C15H15N5O3/c21-7-10(6-9-4-2-1-3-5-9)18-13-11-12(17-8-16-11)19-14(20-13)15(22)23/h1-5,8,10,21H,6-7H2,(H,22,23)(H2,16,17,18,19,20). The number of hydrogen-bond acceptors (Lipinski definition) is 6. The van der Waals surface area contributed by atoms with Crippen molar-refractivity contribution in [3.8, 4) is 0 Å². The molecular formula is C15H15N5O3. The first-order chi connectivity index (χ1) is 11.2. The number of benzene rings is 1. The van der Waals surface area contributed by atoms with E-state index in [1.807, 2.05) is 30.3 Å². The van der Waals surface area contributed by atoms with Crippen LogP contribution in [0.25, 0.3) is 11.2 Å². The molecule has 1 unspecified atom stereocenters. The molecule has 0 saturated heterocycles. The molecule has 0 bridgehead atoms. The molecule has 0 aliphatic rings. The lowest BCUT2D eigenvalue weighted by molar-refractivity contribution is 0.0684. The average molecular weight is 313 g/mol. The molecule has 8 heteroatoms. The first-order valence-corrected chi connectivity index (χ1v) is 7.03. The number of hydrogen-bond donors (Lipinski definition) is 4. The molecule has 2 heterocycles. The van der Waals surface area contributed by atoms with Crippen molar-refractivity contribution in [2.75, 3.05) is 11.9 Å². The second kappa shape index (κ2) is 6.41. The largest absolute Gasteiger partial charge is 0.475 e. The quantitative estimate of drug-likeness (QED) is 0.536. The van der Waals surface area contributed by atoms with Crippen molar-refractivity contribution in [3.63, 3.8) is 0 Å². The Labute approximate surface area is 131 Å². The van der Waals surface area contributed by atoms with Crippen molar-refractivity contribution in [1.29, 1.82) is 0 Å². The number of rotatable bonds is 6. The lowest BCUT2D eigenvalue weighted by atomic mass is 10.1. The smallest absolute Gasteiger partial charge is 0.374 e. The fourth-order valence-corrected chi connectivity index (χ4v) is 2.29. The van der Waals surface area contributed by atoms with Gasteiger partial charge < -0.3 is 20.5 Å². The third-order valence-corrected chi connectivity index (χ3v) is 3.36. The summed E-state index contributed by atoms with van der Waals surface area (Å²) in [6, 6.07) is 9.34. The number of aliphatic hydroxyl groups is 1. The summed E-state index contributed by atoms with van der Waals surface area (Å²) in [5.41, 5.74) is 1.81. The van der Waals surface area contributed by atoms with E-state index in [1.165, 1.54) is 6.33 Å². The number of nitrogens with one attached hydrogen (secondary N) is 2. The van der Waals surface area contributed by atoms with Crippen LogP contribution >= 0.6 is 0 Å². The van der Waals surface area contributed by atoms with Crippen LogP contribution in [0.1, 0.15) is 16.2 Å². The normalized spacial score (nSPS) is 12.2. The third-order valence-electron chi connectivity index (χ3n) is 3.36. The molecule has 1 aromatic carbocycles. The van der Waals surface area contributed by atoms with Gasteiger partial charge in [0.1, 0.15) is 5.52 Å². The minimum atomic E-state index is -1.23. The van der Waals surface area contributed by atoms with Gasteiger partial charge in [0.2, 0.25) is 5.82 Å². The van der Waals surface area contributed by atoms with Crippen molar-refractivity contribution < 1.29 is 15.0 Å². The summed E-state index contributed by atoms with van der Waals surface area (Å²) >= 11 is 0. The van der Waals surface area contributed by atoms with Gasteiger partial charge in [-0.3, -0.25) is 0 Å². The lowest BCUT2D eigenvalue weighted by Crippen LogP contribution is -2.27. The zero-order chi connectivity index (χ0) is 16.2. The summed E-state index contributed by atoms with van der Waals surface area (Å²) in [7, 11) is 0. The van der Waals surface area contributed by atoms with Gasteiger partial charge in [-0.1, -0.05) is 30.3 Å². The Hall–Kier alpha value is -3.00. The van der Waals surface area contributed by atoms with E-state index in [0.29, 0.717) is 17.6 Å². The Morgan fingerprint density at radius 2 is 2.04 bits per heavy atom. The third kappa shape index (κ3) is 3.27. The van der Waals surface area contributed by atoms with E-state index in [9.17, 15) is 9.90 Å². The molecule has 3 rings (SSSR count). The summed E-state index contributed by atoms with van der Waals surface area (Å²) in [5, 5.41) is 21.8. The van der Waals surface area contributed by atoms with E-state index >= 15 is 0 Å². The van der Waals surface area contributed by atoms with E-state index in [-0.39, 0.29) is 24.3 Å². The summed E-state index contributed by atoms with van der Waals surface area (Å²) in [6.07, 6.45) is 1.98. The highest BCUT2D eigenvalue weighted by Gasteiger charge is 2.17. The molecule has 4 N–H and O–H groups in total. The molecule has 0 spiro atoms. The van der Waals surface area contributed by atoms with E-state index < -0.39 is 5.97 Å². The van der Waals surface area contributed by atoms with Crippen LogP contribution < -0.4 is 5.32 Å². The topological polar surface area (TPSA) is 124 Å². The number of anilines is 1. The number of aliphatic hydroxyl groups excluding tert-OH is 1. The molecule has 8 nitrogen and oxygen atoms in total. The number of fused-ring (bicyclic) bond motifs is 1. The molecular weight excluding hydrogens is 298 g/mol. The zero-order valence-electron chi connectivity index (χ0n) is 12.1. The molecule has 0 aliphatic heterocycles. The number of imidazole rings is 1. The van der Waals surface area contributed by atoms with Crippen molar-refractivity contribution >= 4 is 23.0 Å². The van der Waals surface area contributed by atoms with Crippen LogP contribution in [-0.4, -0.2) is 48.8 Å². The number of aromatic amines is 1. The van der Waals surface area contributed by atoms with Gasteiger partial charge >= 0.3 is 5.97 Å². The van der Waals surface area contributed by atoms with Crippen molar-refractivity contribution in [2.24, 2.45) is 0 Å². The molecule has 2 aromatic heterocycles. The number of carboxylic acids is 1. The molecule has 0 fully saturated rings. The summed E-state index contributed by atoms with van der Waals surface area (Å²) in [6.45, 7) is -0.132. The lowest BCUT2D eigenvalue weighted by Gasteiger charge is -2.17. The Morgan fingerprint density at radius 1 is 1.26 bits per heavy atom. The van der Waals surface area contributed by atoms with Crippen LogP contribution in [0.2, 0.25) is 0 Å². The van der Waals surface area contributed by atoms with Gasteiger partial charge in [0.05, 0.1) is 19.0 Å². The second-order valence-electron chi connectivity index (χ2n) is 5.01. The predicted octanol–water partition coefficient (Wildman–Crippen LogP) is 1.07. The van der Waals surface area contributed by atoms with Crippen molar-refractivity contribution in [3.05, 3.63) is 48.0 Å². The Bertz CT molecular complexity index is 818. The van der Waals surface area contributed by atoms with Gasteiger partial charge in [-0.05, 0) is 12.0 Å². The van der Waals surface area contributed by atoms with Gasteiger partial charge in [-0.25, -0.2) is 19.7 Å². The van der Waals surface area contributed by atoms with E-state index in [4.69, 9.17) is 5.11 Å². The van der Waals surface area contributed by atoms with Crippen LogP contribution in [0.4, 0.5) is 5.82 Å². The number of H-pyrrole nitrogens is 1. The fourth-order valence-electron chi connectivity index (χ4n) is 2.29. The molecule has 0 saturated carbocycles. The summed E-state index contributed by atoms with van der Waals surface area (Å²) in [5.74, 6) is -1.28. The second-order valence-corrected chi connectivity index (χ2v) is 5.01. The number of aromatic nitrogens is 4. The molecule has 1 atom stereocenters. The Balaban J connectivity index is 1.89. The Morgan fingerprint density at radius 3 is 2.74 bits per heavy atom. The van der Waals surface area contributed by atoms with Crippen LogP contribution in [-0.2, 0) is 6.42 Å². The molecule has 0 radical (unpaired) electrons. The van der Waals surface area contributed by atoms with Crippen LogP contribution in [0.5, 0.6) is 0 Å². The molecule has 0 aliphatic carbocycles. The number of carbonyl (C=O) groups is 1. The van der Waals surface area contributed by atoms with E-state index in [2.05, 4.69) is 25.3 Å². The van der Waals surface area contributed by atoms with Crippen LogP contribution in [0, 0.1) is 0 Å². The van der Waals surface area contributed by atoms with E-state index in [0.717, 1.165) is 5.56 Å². The van der Waals surface area contributed by atoms with Crippen molar-refractivity contribution in [1.82, 2.24) is 19.9 Å².